The minimum absolute atomic E-state index is 0.0655. The van der Waals surface area contributed by atoms with Gasteiger partial charge in [-0.1, -0.05) is 0 Å². The molecule has 1 aliphatic heterocycles. The van der Waals surface area contributed by atoms with Gasteiger partial charge in [0.05, 0.1) is 65.4 Å². The number of rotatable bonds is 6. The quantitative estimate of drug-likeness (QED) is 0.418. The lowest BCUT2D eigenvalue weighted by Crippen LogP contribution is -2.38. The van der Waals surface area contributed by atoms with Crippen LogP contribution >= 0.6 is 0 Å². The molecule has 1 aliphatic carbocycles. The maximum absolute atomic E-state index is 13.3. The Bertz CT molecular complexity index is 1520. The van der Waals surface area contributed by atoms with Crippen LogP contribution in [0.1, 0.15) is 41.0 Å². The highest BCUT2D eigenvalue weighted by Crippen LogP contribution is 2.37. The Balaban J connectivity index is 1.18. The van der Waals surface area contributed by atoms with E-state index < -0.39 is 0 Å². The van der Waals surface area contributed by atoms with Crippen molar-refractivity contribution in [1.82, 2.24) is 34.3 Å². The van der Waals surface area contributed by atoms with E-state index in [-0.39, 0.29) is 11.8 Å². The minimum Gasteiger partial charge on any atom is -0.324 e. The third kappa shape index (κ3) is 4.46. The van der Waals surface area contributed by atoms with Crippen LogP contribution in [-0.2, 0) is 11.8 Å². The van der Waals surface area contributed by atoms with Gasteiger partial charge in [0.1, 0.15) is 5.52 Å². The Kier molecular flexibility index (Phi) is 5.71. The highest BCUT2D eigenvalue weighted by molar-refractivity contribution is 6.09. The number of aromatic nitrogens is 6. The molecule has 37 heavy (non-hydrogen) atoms. The summed E-state index contributed by atoms with van der Waals surface area (Å²) >= 11 is 0. The first kappa shape index (κ1) is 23.3. The van der Waals surface area contributed by atoms with Crippen molar-refractivity contribution < 1.29 is 9.59 Å². The summed E-state index contributed by atoms with van der Waals surface area (Å²) in [5.41, 5.74) is 5.02. The number of pyridine rings is 1. The fourth-order valence-corrected chi connectivity index (χ4v) is 5.58. The van der Waals surface area contributed by atoms with E-state index in [0.29, 0.717) is 46.4 Å². The molecule has 11 nitrogen and oxygen atoms in total. The molecule has 11 heteroatoms. The van der Waals surface area contributed by atoms with Crippen molar-refractivity contribution in [1.29, 1.82) is 0 Å². The molecule has 2 bridgehead atoms. The average Bonchev–Trinajstić information content (AvgIpc) is 3.65. The Morgan fingerprint density at radius 2 is 1.92 bits per heavy atom. The van der Waals surface area contributed by atoms with Crippen LogP contribution in [0.15, 0.2) is 37.1 Å². The molecule has 6 rings (SSSR count). The van der Waals surface area contributed by atoms with Crippen molar-refractivity contribution in [2.75, 3.05) is 23.7 Å². The molecule has 2 N–H and O–H groups in total. The maximum atomic E-state index is 13.3. The van der Waals surface area contributed by atoms with Crippen LogP contribution in [-0.4, -0.2) is 65.2 Å². The van der Waals surface area contributed by atoms with Gasteiger partial charge in [0.15, 0.2) is 0 Å². The summed E-state index contributed by atoms with van der Waals surface area (Å²) in [7, 11) is 1.85. The summed E-state index contributed by atoms with van der Waals surface area (Å²) in [6, 6.07) is 2.27. The molecule has 2 fully saturated rings. The van der Waals surface area contributed by atoms with Gasteiger partial charge in [-0.2, -0.15) is 10.2 Å². The zero-order valence-corrected chi connectivity index (χ0v) is 21.1. The fraction of sp³-hybridized carbons (Fsp3) is 0.385. The molecule has 0 spiro atoms. The molecule has 4 aromatic rings. The zero-order valence-electron chi connectivity index (χ0n) is 21.1. The number of aryl methyl sites for hydroxylation is 3. The number of carbonyl (C=O) groups is 2. The van der Waals surface area contributed by atoms with Gasteiger partial charge < -0.3 is 10.6 Å². The first-order chi connectivity index (χ1) is 17.8. The first-order valence-corrected chi connectivity index (χ1v) is 12.5. The second kappa shape index (κ2) is 9.07. The van der Waals surface area contributed by atoms with Gasteiger partial charge in [-0.25, -0.2) is 9.50 Å². The van der Waals surface area contributed by atoms with Gasteiger partial charge in [-0.05, 0) is 45.1 Å². The highest BCUT2D eigenvalue weighted by atomic mass is 16.2. The van der Waals surface area contributed by atoms with E-state index in [2.05, 4.69) is 35.7 Å². The molecular formula is C26H29N9O2. The van der Waals surface area contributed by atoms with E-state index >= 15 is 0 Å². The Labute approximate surface area is 213 Å². The van der Waals surface area contributed by atoms with Gasteiger partial charge in [-0.15, -0.1) is 0 Å². The normalized spacial score (nSPS) is 19.0. The molecule has 0 aromatic carbocycles. The van der Waals surface area contributed by atoms with Gasteiger partial charge in [-0.3, -0.25) is 24.2 Å². The van der Waals surface area contributed by atoms with Crippen LogP contribution in [0, 0.1) is 19.8 Å². The number of piperidine rings is 1. The number of nitrogens with zero attached hydrogens (tertiary/aromatic N) is 7. The molecule has 0 unspecified atom stereocenters. The zero-order chi connectivity index (χ0) is 25.7. The minimum atomic E-state index is -0.324. The molecule has 1 saturated heterocycles. The highest BCUT2D eigenvalue weighted by Gasteiger charge is 2.38. The molecule has 2 amide bonds. The van der Waals surface area contributed by atoms with Crippen molar-refractivity contribution >= 4 is 28.7 Å². The first-order valence-electron chi connectivity index (χ1n) is 12.5. The largest absolute Gasteiger partial charge is 0.324 e. The molecule has 190 valence electrons. The lowest BCUT2D eigenvalue weighted by atomic mass is 10.1. The van der Waals surface area contributed by atoms with Gasteiger partial charge in [0, 0.05) is 31.4 Å². The topological polar surface area (TPSA) is 122 Å². The summed E-state index contributed by atoms with van der Waals surface area (Å²) in [5.74, 6) is 0.348. The summed E-state index contributed by atoms with van der Waals surface area (Å²) in [6.45, 7) is 5.05. The number of hydrogen-bond donors (Lipinski definition) is 2. The van der Waals surface area contributed by atoms with Crippen LogP contribution < -0.4 is 10.6 Å². The summed E-state index contributed by atoms with van der Waals surface area (Å²) in [4.78, 5) is 37.3. The molecule has 2 atom stereocenters. The number of fused-ring (bicyclic) bond motifs is 3. The summed E-state index contributed by atoms with van der Waals surface area (Å²) in [6.07, 6.45) is 12.2. The van der Waals surface area contributed by atoms with Gasteiger partial charge in [0.2, 0.25) is 5.91 Å². The van der Waals surface area contributed by atoms with Crippen molar-refractivity contribution in [2.45, 2.75) is 39.2 Å². The molecule has 2 aliphatic rings. The summed E-state index contributed by atoms with van der Waals surface area (Å²) in [5, 5.41) is 14.5. The van der Waals surface area contributed by atoms with Crippen molar-refractivity contribution in [3.05, 3.63) is 54.0 Å². The van der Waals surface area contributed by atoms with Crippen LogP contribution in [0.4, 0.5) is 11.4 Å². The van der Waals surface area contributed by atoms with Gasteiger partial charge >= 0.3 is 0 Å². The Morgan fingerprint density at radius 3 is 2.65 bits per heavy atom. The van der Waals surface area contributed by atoms with Crippen molar-refractivity contribution in [3.63, 3.8) is 0 Å². The standard InChI is InChI=1S/C26H29N9O2/c1-15-22(7-19(9-27-15)31-24(36)14-34-11-17-4-5-20(34)6-17)32-26(37)21-10-29-35-13-23(30-16(2)25(21)35)18-8-28-33(3)12-18/h7-10,12-13,17,20H,4-6,11,14H2,1-3H3,(H,31,36)(H,32,37)/t17-,20+/m0/s1. The molecule has 5 heterocycles. The Morgan fingerprint density at radius 1 is 1.05 bits per heavy atom. The van der Waals surface area contributed by atoms with Gasteiger partial charge in [0.25, 0.3) is 5.91 Å². The smallest absolute Gasteiger partial charge is 0.259 e. The van der Waals surface area contributed by atoms with E-state index in [1.807, 2.05) is 27.1 Å². The number of likely N-dealkylation sites (tertiary alicyclic amines) is 1. The van der Waals surface area contributed by atoms with Crippen LogP contribution in [0.2, 0.25) is 0 Å². The predicted molar refractivity (Wildman–Crippen MR) is 138 cm³/mol. The average molecular weight is 500 g/mol. The van der Waals surface area contributed by atoms with E-state index in [1.54, 1.807) is 33.9 Å². The third-order valence-corrected chi connectivity index (χ3v) is 7.40. The number of amides is 2. The van der Waals surface area contributed by atoms with Crippen LogP contribution in [0.5, 0.6) is 0 Å². The van der Waals surface area contributed by atoms with E-state index in [9.17, 15) is 9.59 Å². The number of hydrogen-bond acceptors (Lipinski definition) is 7. The van der Waals surface area contributed by atoms with Crippen LogP contribution in [0.25, 0.3) is 16.8 Å². The Hall–Kier alpha value is -4.12. The number of nitrogens with one attached hydrogen (secondary N) is 2. The molecule has 4 aromatic heterocycles. The lowest BCUT2D eigenvalue weighted by molar-refractivity contribution is -0.117. The van der Waals surface area contributed by atoms with Crippen molar-refractivity contribution in [3.8, 4) is 11.3 Å². The maximum Gasteiger partial charge on any atom is 0.259 e. The van der Waals surface area contributed by atoms with E-state index in [1.165, 1.54) is 25.5 Å². The van der Waals surface area contributed by atoms with E-state index in [0.717, 1.165) is 23.7 Å². The molecule has 0 radical (unpaired) electrons. The van der Waals surface area contributed by atoms with E-state index in [4.69, 9.17) is 0 Å². The predicted octanol–water partition coefficient (Wildman–Crippen LogP) is 2.82. The number of carbonyl (C=O) groups excluding carboxylic acids is 2. The van der Waals surface area contributed by atoms with Crippen LogP contribution in [0.3, 0.4) is 0 Å². The van der Waals surface area contributed by atoms with Crippen molar-refractivity contribution in [2.24, 2.45) is 13.0 Å². The second-order valence-corrected chi connectivity index (χ2v) is 10.1. The second-order valence-electron chi connectivity index (χ2n) is 10.1. The lowest BCUT2D eigenvalue weighted by Gasteiger charge is -2.25. The summed E-state index contributed by atoms with van der Waals surface area (Å²) < 4.78 is 3.37. The number of anilines is 2. The monoisotopic (exact) mass is 499 g/mol. The fourth-order valence-electron chi connectivity index (χ4n) is 5.58. The molecular weight excluding hydrogens is 470 g/mol. The third-order valence-electron chi connectivity index (χ3n) is 7.40. The SMILES string of the molecule is Cc1ncc(NC(=O)CN2C[C@H]3CC[C@@H]2C3)cc1NC(=O)c1cnn2cc(-c3cnn(C)c3)nc(C)c12. The molecule has 1 saturated carbocycles.